The van der Waals surface area contributed by atoms with Gasteiger partial charge in [-0.15, -0.1) is 0 Å². The molecule has 172 valence electrons. The molecular formula is C25H19BrN2O6. The molecule has 0 amide bonds. The Labute approximate surface area is 203 Å². The van der Waals surface area contributed by atoms with Crippen molar-refractivity contribution >= 4 is 39.6 Å². The fraction of sp³-hybridized carbons (Fsp3) is 0.120. The second-order valence-electron chi connectivity index (χ2n) is 7.20. The fourth-order valence-electron chi connectivity index (χ4n) is 3.21. The van der Waals surface area contributed by atoms with Gasteiger partial charge in [0, 0.05) is 22.2 Å². The Bertz CT molecular complexity index is 1300. The van der Waals surface area contributed by atoms with Crippen LogP contribution in [0.2, 0.25) is 0 Å². The molecular weight excluding hydrogens is 504 g/mol. The van der Waals surface area contributed by atoms with Crippen molar-refractivity contribution in [1.82, 2.24) is 0 Å². The molecule has 0 bridgehead atoms. The first-order valence-corrected chi connectivity index (χ1v) is 11.1. The topological polar surface area (TPSA) is 100 Å². The molecule has 3 aromatic carbocycles. The van der Waals surface area contributed by atoms with E-state index in [9.17, 15) is 14.9 Å². The zero-order chi connectivity index (χ0) is 24.1. The lowest BCUT2D eigenvalue weighted by atomic mass is 10.1. The fourth-order valence-corrected chi connectivity index (χ4v) is 3.47. The number of nitro groups is 1. The molecule has 0 atom stereocenters. The molecule has 0 unspecified atom stereocenters. The summed E-state index contributed by atoms with van der Waals surface area (Å²) in [7, 11) is 0. The van der Waals surface area contributed by atoms with Gasteiger partial charge in [0.1, 0.15) is 6.61 Å². The van der Waals surface area contributed by atoms with E-state index in [-0.39, 0.29) is 23.9 Å². The highest BCUT2D eigenvalue weighted by Gasteiger charge is 2.24. The third-order valence-electron chi connectivity index (χ3n) is 4.80. The molecule has 0 spiro atoms. The van der Waals surface area contributed by atoms with Gasteiger partial charge < -0.3 is 14.2 Å². The number of hydrogen-bond acceptors (Lipinski definition) is 7. The third-order valence-corrected chi connectivity index (χ3v) is 5.33. The van der Waals surface area contributed by atoms with Gasteiger partial charge in [-0.3, -0.25) is 10.1 Å². The minimum absolute atomic E-state index is 0.000356. The van der Waals surface area contributed by atoms with E-state index in [0.29, 0.717) is 34.8 Å². The van der Waals surface area contributed by atoms with Gasteiger partial charge in [0.25, 0.3) is 5.69 Å². The van der Waals surface area contributed by atoms with Gasteiger partial charge in [0.2, 0.25) is 5.90 Å². The summed E-state index contributed by atoms with van der Waals surface area (Å²) in [6.07, 6.45) is 1.61. The number of carbonyl (C=O) groups excluding carboxylic acids is 1. The summed E-state index contributed by atoms with van der Waals surface area (Å²) in [6, 6.07) is 18.8. The van der Waals surface area contributed by atoms with Crippen LogP contribution < -0.4 is 9.47 Å². The number of benzene rings is 3. The Morgan fingerprint density at radius 3 is 2.59 bits per heavy atom. The van der Waals surface area contributed by atoms with Gasteiger partial charge >= 0.3 is 5.97 Å². The predicted octanol–water partition coefficient (Wildman–Crippen LogP) is 5.68. The normalized spacial score (nSPS) is 14.0. The monoisotopic (exact) mass is 522 g/mol. The standard InChI is InChI=1S/C25H19BrN2O6/c1-2-32-23-14-16(6-11-22(23)33-15-17-4-3-5-20(12-17)28(30)31)13-21-25(29)34-24(27-21)18-7-9-19(26)10-8-18/h3-14H,2,15H2,1H3/b21-13-. The molecule has 0 aliphatic carbocycles. The second-order valence-corrected chi connectivity index (χ2v) is 8.11. The van der Waals surface area contributed by atoms with Gasteiger partial charge in [-0.05, 0) is 60.5 Å². The van der Waals surface area contributed by atoms with E-state index < -0.39 is 10.9 Å². The lowest BCUT2D eigenvalue weighted by molar-refractivity contribution is -0.384. The summed E-state index contributed by atoms with van der Waals surface area (Å²) in [5.74, 6) is 0.655. The summed E-state index contributed by atoms with van der Waals surface area (Å²) in [4.78, 5) is 27.2. The highest BCUT2D eigenvalue weighted by atomic mass is 79.9. The molecule has 1 aliphatic heterocycles. The quantitative estimate of drug-likeness (QED) is 0.163. The largest absolute Gasteiger partial charge is 0.490 e. The number of ether oxygens (including phenoxy) is 3. The maximum atomic E-state index is 12.3. The van der Waals surface area contributed by atoms with Crippen molar-refractivity contribution in [1.29, 1.82) is 0 Å². The molecule has 8 nitrogen and oxygen atoms in total. The summed E-state index contributed by atoms with van der Waals surface area (Å²) >= 11 is 3.37. The Morgan fingerprint density at radius 1 is 1.06 bits per heavy atom. The molecule has 0 N–H and O–H groups in total. The SMILES string of the molecule is CCOc1cc(/C=C2\N=C(c3ccc(Br)cc3)OC2=O)ccc1OCc1cccc([N+](=O)[O-])c1. The third kappa shape index (κ3) is 5.49. The van der Waals surface area contributed by atoms with Gasteiger partial charge in [-0.2, -0.15) is 0 Å². The lowest BCUT2D eigenvalue weighted by Crippen LogP contribution is -2.05. The second kappa shape index (κ2) is 10.3. The molecule has 0 radical (unpaired) electrons. The Morgan fingerprint density at radius 2 is 1.85 bits per heavy atom. The number of hydrogen-bond donors (Lipinski definition) is 0. The number of rotatable bonds is 8. The number of aliphatic imine (C=N–C) groups is 1. The average molecular weight is 523 g/mol. The molecule has 0 saturated carbocycles. The van der Waals surface area contributed by atoms with Crippen molar-refractivity contribution in [3.8, 4) is 11.5 Å². The lowest BCUT2D eigenvalue weighted by Gasteiger charge is -2.13. The minimum atomic E-state index is -0.540. The number of esters is 1. The Balaban J connectivity index is 1.54. The van der Waals surface area contributed by atoms with E-state index in [1.54, 1.807) is 48.5 Å². The number of cyclic esters (lactones) is 1. The maximum absolute atomic E-state index is 12.3. The number of nitro benzene ring substituents is 1. The van der Waals surface area contributed by atoms with Crippen molar-refractivity contribution in [2.45, 2.75) is 13.5 Å². The molecule has 9 heteroatoms. The van der Waals surface area contributed by atoms with Crippen LogP contribution in [-0.4, -0.2) is 23.4 Å². The summed E-state index contributed by atoms with van der Waals surface area (Å²) < 4.78 is 17.8. The zero-order valence-electron chi connectivity index (χ0n) is 18.1. The minimum Gasteiger partial charge on any atom is -0.490 e. The maximum Gasteiger partial charge on any atom is 0.363 e. The van der Waals surface area contributed by atoms with Crippen LogP contribution in [0.1, 0.15) is 23.6 Å². The summed E-state index contributed by atoms with van der Waals surface area (Å²) in [5, 5.41) is 11.0. The molecule has 34 heavy (non-hydrogen) atoms. The van der Waals surface area contributed by atoms with Crippen LogP contribution in [0.3, 0.4) is 0 Å². The van der Waals surface area contributed by atoms with Crippen molar-refractivity contribution in [3.63, 3.8) is 0 Å². The Kier molecular flexibility index (Phi) is 7.03. The van der Waals surface area contributed by atoms with Crippen LogP contribution in [0.25, 0.3) is 6.08 Å². The van der Waals surface area contributed by atoms with Crippen molar-refractivity contribution in [2.24, 2.45) is 4.99 Å². The van der Waals surface area contributed by atoms with Crippen LogP contribution >= 0.6 is 15.9 Å². The first kappa shape index (κ1) is 23.2. The average Bonchev–Trinajstić information content (AvgIpc) is 3.19. The highest BCUT2D eigenvalue weighted by molar-refractivity contribution is 9.10. The molecule has 0 fully saturated rings. The summed E-state index contributed by atoms with van der Waals surface area (Å²) in [5.41, 5.74) is 2.20. The summed E-state index contributed by atoms with van der Waals surface area (Å²) in [6.45, 7) is 2.38. The van der Waals surface area contributed by atoms with Gasteiger partial charge in [0.05, 0.1) is 11.5 Å². The van der Waals surface area contributed by atoms with E-state index in [1.807, 2.05) is 19.1 Å². The van der Waals surface area contributed by atoms with Crippen LogP contribution in [0.15, 0.2) is 81.9 Å². The van der Waals surface area contributed by atoms with Crippen LogP contribution in [0.4, 0.5) is 5.69 Å². The molecule has 1 aliphatic rings. The Hall–Kier alpha value is -3.98. The van der Waals surface area contributed by atoms with E-state index in [1.165, 1.54) is 12.1 Å². The number of halogens is 1. The van der Waals surface area contributed by atoms with Crippen molar-refractivity contribution < 1.29 is 23.9 Å². The zero-order valence-corrected chi connectivity index (χ0v) is 19.7. The van der Waals surface area contributed by atoms with Crippen LogP contribution in [-0.2, 0) is 16.1 Å². The van der Waals surface area contributed by atoms with Gasteiger partial charge in [-0.25, -0.2) is 9.79 Å². The van der Waals surface area contributed by atoms with Crippen molar-refractivity contribution in [3.05, 3.63) is 104 Å². The molecule has 3 aromatic rings. The molecule has 0 saturated heterocycles. The smallest absolute Gasteiger partial charge is 0.363 e. The van der Waals surface area contributed by atoms with Gasteiger partial charge in [0.15, 0.2) is 17.2 Å². The van der Waals surface area contributed by atoms with E-state index in [2.05, 4.69) is 20.9 Å². The van der Waals surface area contributed by atoms with E-state index in [0.717, 1.165) is 4.47 Å². The highest BCUT2D eigenvalue weighted by Crippen LogP contribution is 2.31. The first-order chi connectivity index (χ1) is 16.4. The first-order valence-electron chi connectivity index (χ1n) is 10.3. The number of carbonyl (C=O) groups is 1. The van der Waals surface area contributed by atoms with Gasteiger partial charge in [-0.1, -0.05) is 34.1 Å². The van der Waals surface area contributed by atoms with Crippen molar-refractivity contribution in [2.75, 3.05) is 6.61 Å². The number of non-ortho nitro benzene ring substituents is 1. The predicted molar refractivity (Wildman–Crippen MR) is 130 cm³/mol. The number of nitrogens with zero attached hydrogens (tertiary/aromatic N) is 2. The molecule has 1 heterocycles. The van der Waals surface area contributed by atoms with E-state index in [4.69, 9.17) is 14.2 Å². The van der Waals surface area contributed by atoms with Crippen LogP contribution in [0, 0.1) is 10.1 Å². The molecule has 4 rings (SSSR count). The molecule has 0 aromatic heterocycles. The van der Waals surface area contributed by atoms with E-state index >= 15 is 0 Å². The van der Waals surface area contributed by atoms with Crippen LogP contribution in [0.5, 0.6) is 11.5 Å².